The fraction of sp³-hybridized carbons (Fsp3) is 0.317. The molecule has 14 heteroatoms. The lowest BCUT2D eigenvalue weighted by molar-refractivity contribution is -0.143. The highest BCUT2D eigenvalue weighted by molar-refractivity contribution is 7.83. The number of nitrogens with zero attached hydrogens (tertiary/aromatic N) is 3. The Balaban J connectivity index is 1.47. The van der Waals surface area contributed by atoms with Gasteiger partial charge in [-0.15, -0.1) is 0 Å². The number of carbonyl (C=O) groups is 1. The standard InChI is InChI=1S/C41H50ClN6O6P/c1-40(2,3)39(49)54-33-23-21-29(22-24-33)27-51-38(45)36(43)37(44)46-35-26-48(25-34(53-35)28-52-55(42,50)47(4)5)41(30-15-9-6-10-16-30,31-17-11-7-12-18-31)32-19-13-8-14-20-32/h6-24,34-35H,25-28,43,45H2,1-5H3,(H2,44,46). The Morgan fingerprint density at radius 3 is 1.84 bits per heavy atom. The zero-order chi connectivity index (χ0) is 39.8. The fourth-order valence-corrected chi connectivity index (χ4v) is 6.88. The van der Waals surface area contributed by atoms with E-state index >= 15 is 0 Å². The first-order valence-corrected chi connectivity index (χ1v) is 20.3. The van der Waals surface area contributed by atoms with Crippen LogP contribution in [0.3, 0.4) is 0 Å². The molecule has 55 heavy (non-hydrogen) atoms. The SMILES string of the molecule is CN(C)P(=O)(Cl)OCC1CN(C(c2ccccc2)(c2ccccc2)c2ccccc2)CC(N=C(N)C(N)=C(N)OCc2ccc(OC(=O)C(C)(C)C)cc2)O1. The number of amidine groups is 1. The van der Waals surface area contributed by atoms with E-state index in [0.717, 1.165) is 22.3 Å². The van der Waals surface area contributed by atoms with Gasteiger partial charge in [-0.3, -0.25) is 14.3 Å². The van der Waals surface area contributed by atoms with E-state index in [1.165, 1.54) is 4.67 Å². The Labute approximate surface area is 328 Å². The van der Waals surface area contributed by atoms with Gasteiger partial charge in [-0.05, 0) is 80.5 Å². The van der Waals surface area contributed by atoms with Crippen LogP contribution in [0, 0.1) is 5.41 Å². The molecule has 0 bridgehead atoms. The van der Waals surface area contributed by atoms with Gasteiger partial charge < -0.3 is 35.9 Å². The predicted molar refractivity (Wildman–Crippen MR) is 216 cm³/mol. The minimum atomic E-state index is -3.63. The van der Waals surface area contributed by atoms with Crippen molar-refractivity contribution in [3.05, 3.63) is 149 Å². The van der Waals surface area contributed by atoms with Gasteiger partial charge >= 0.3 is 12.8 Å². The Hall–Kier alpha value is -4.68. The molecule has 12 nitrogen and oxygen atoms in total. The number of benzene rings is 4. The quantitative estimate of drug-likeness (QED) is 0.0241. The van der Waals surface area contributed by atoms with Gasteiger partial charge in [0.05, 0.1) is 23.7 Å². The summed E-state index contributed by atoms with van der Waals surface area (Å²) in [5.41, 5.74) is 21.4. The highest BCUT2D eigenvalue weighted by Crippen LogP contribution is 2.54. The van der Waals surface area contributed by atoms with Crippen LogP contribution in [0.25, 0.3) is 0 Å². The Kier molecular flexibility index (Phi) is 13.5. The average Bonchev–Trinajstić information content (AvgIpc) is 3.17. The second-order valence-corrected chi connectivity index (χ2v) is 17.6. The van der Waals surface area contributed by atoms with Crippen LogP contribution in [0.5, 0.6) is 5.75 Å². The van der Waals surface area contributed by atoms with Crippen molar-refractivity contribution in [2.24, 2.45) is 27.6 Å². The monoisotopic (exact) mass is 788 g/mol. The van der Waals surface area contributed by atoms with Crippen LogP contribution in [0.15, 0.2) is 132 Å². The average molecular weight is 789 g/mol. The van der Waals surface area contributed by atoms with E-state index in [-0.39, 0.29) is 43.1 Å². The summed E-state index contributed by atoms with van der Waals surface area (Å²) in [4.78, 5) is 19.2. The lowest BCUT2D eigenvalue weighted by Crippen LogP contribution is -2.58. The summed E-state index contributed by atoms with van der Waals surface area (Å²) in [6.07, 6.45) is -1.52. The van der Waals surface area contributed by atoms with E-state index in [2.05, 4.69) is 41.3 Å². The number of ether oxygens (including phenoxy) is 3. The van der Waals surface area contributed by atoms with Crippen molar-refractivity contribution in [2.45, 2.75) is 45.2 Å². The zero-order valence-electron chi connectivity index (χ0n) is 31.8. The summed E-state index contributed by atoms with van der Waals surface area (Å²) in [7, 11) is 3.17. The summed E-state index contributed by atoms with van der Waals surface area (Å²) in [5.74, 6) is -0.138. The molecule has 292 valence electrons. The number of rotatable bonds is 14. The topological polar surface area (TPSA) is 168 Å². The predicted octanol–water partition coefficient (Wildman–Crippen LogP) is 6.54. The lowest BCUT2D eigenvalue weighted by atomic mass is 9.75. The third-order valence-electron chi connectivity index (χ3n) is 9.06. The van der Waals surface area contributed by atoms with Crippen LogP contribution in [0.4, 0.5) is 0 Å². The molecular weight excluding hydrogens is 739 g/mol. The number of hydrogen-bond donors (Lipinski definition) is 3. The molecule has 1 aliphatic heterocycles. The number of carbonyl (C=O) groups excluding carboxylic acids is 1. The van der Waals surface area contributed by atoms with E-state index in [4.69, 9.17) is 52.2 Å². The first-order chi connectivity index (χ1) is 26.1. The summed E-state index contributed by atoms with van der Waals surface area (Å²) < 4.78 is 37.9. The van der Waals surface area contributed by atoms with Gasteiger partial charge in [0.1, 0.15) is 23.9 Å². The molecule has 4 aromatic carbocycles. The van der Waals surface area contributed by atoms with Gasteiger partial charge in [-0.2, -0.15) is 0 Å². The first-order valence-electron chi connectivity index (χ1n) is 17.8. The van der Waals surface area contributed by atoms with Crippen LogP contribution < -0.4 is 21.9 Å². The zero-order valence-corrected chi connectivity index (χ0v) is 33.5. The lowest BCUT2D eigenvalue weighted by Gasteiger charge is -2.50. The first kappa shape index (κ1) is 41.5. The van der Waals surface area contributed by atoms with Crippen LogP contribution in [-0.4, -0.2) is 67.5 Å². The maximum Gasteiger partial charge on any atom is 0.362 e. The Morgan fingerprint density at radius 1 is 0.855 bits per heavy atom. The number of aliphatic imine (C=N–C) groups is 1. The van der Waals surface area contributed by atoms with E-state index in [1.54, 1.807) is 59.1 Å². The molecule has 0 spiro atoms. The molecule has 0 aromatic heterocycles. The maximum atomic E-state index is 13.1. The number of halogens is 1. The molecule has 5 rings (SSSR count). The number of nitrogens with two attached hydrogens (primary N) is 3. The van der Waals surface area contributed by atoms with Gasteiger partial charge in [-0.25, -0.2) is 9.66 Å². The molecular formula is C41H50ClN6O6P. The van der Waals surface area contributed by atoms with E-state index in [9.17, 15) is 9.36 Å². The van der Waals surface area contributed by atoms with Crippen molar-refractivity contribution in [1.29, 1.82) is 0 Å². The molecule has 6 N–H and O–H groups in total. The molecule has 3 unspecified atom stereocenters. The van der Waals surface area contributed by atoms with Gasteiger partial charge in [0.15, 0.2) is 6.23 Å². The van der Waals surface area contributed by atoms with Crippen molar-refractivity contribution < 1.29 is 28.1 Å². The normalized spacial score (nSPS) is 18.6. The maximum absolute atomic E-state index is 13.1. The molecule has 4 aromatic rings. The van der Waals surface area contributed by atoms with Crippen molar-refractivity contribution >= 4 is 29.9 Å². The van der Waals surface area contributed by atoms with Crippen LogP contribution in [0.1, 0.15) is 43.0 Å². The second kappa shape index (κ2) is 17.8. The van der Waals surface area contributed by atoms with Crippen molar-refractivity contribution in [1.82, 2.24) is 9.57 Å². The van der Waals surface area contributed by atoms with Gasteiger partial charge in [0.25, 0.3) is 0 Å². The minimum absolute atomic E-state index is 0.0671. The summed E-state index contributed by atoms with van der Waals surface area (Å²) in [6, 6.07) is 37.4. The van der Waals surface area contributed by atoms with Crippen LogP contribution in [0.2, 0.25) is 0 Å². The summed E-state index contributed by atoms with van der Waals surface area (Å²) >= 11 is 6.29. The summed E-state index contributed by atoms with van der Waals surface area (Å²) in [5, 5.41) is 0. The van der Waals surface area contributed by atoms with E-state index < -0.39 is 30.2 Å². The Bertz CT molecular complexity index is 1900. The molecule has 3 atom stereocenters. The van der Waals surface area contributed by atoms with Gasteiger partial charge in [-0.1, -0.05) is 103 Å². The molecule has 0 saturated carbocycles. The number of hydrogen-bond acceptors (Lipinski definition) is 10. The molecule has 0 radical (unpaired) electrons. The minimum Gasteiger partial charge on any atom is -0.473 e. The molecule has 0 amide bonds. The highest BCUT2D eigenvalue weighted by atomic mass is 35.7. The summed E-state index contributed by atoms with van der Waals surface area (Å²) in [6.45, 7) is 2.32. The molecule has 1 saturated heterocycles. The number of esters is 1. The van der Waals surface area contributed by atoms with E-state index in [0.29, 0.717) is 12.3 Å². The Morgan fingerprint density at radius 2 is 1.36 bits per heavy atom. The van der Waals surface area contributed by atoms with Gasteiger partial charge in [0.2, 0.25) is 5.88 Å². The third kappa shape index (κ3) is 10.1. The largest absolute Gasteiger partial charge is 0.473 e. The molecule has 1 fully saturated rings. The fourth-order valence-electron chi connectivity index (χ4n) is 6.13. The van der Waals surface area contributed by atoms with E-state index in [1.807, 2.05) is 54.6 Å². The number of morpholine rings is 1. The molecule has 1 heterocycles. The van der Waals surface area contributed by atoms with Crippen molar-refractivity contribution in [3.63, 3.8) is 0 Å². The second-order valence-electron chi connectivity index (χ2n) is 14.4. The van der Waals surface area contributed by atoms with Crippen molar-refractivity contribution in [3.8, 4) is 5.75 Å². The van der Waals surface area contributed by atoms with Crippen LogP contribution in [-0.2, 0) is 35.5 Å². The highest BCUT2D eigenvalue weighted by Gasteiger charge is 2.46. The third-order valence-corrected chi connectivity index (χ3v) is 11.7. The van der Waals surface area contributed by atoms with Crippen molar-refractivity contribution in [2.75, 3.05) is 33.8 Å². The van der Waals surface area contributed by atoms with Crippen LogP contribution >= 0.6 is 18.1 Å². The smallest absolute Gasteiger partial charge is 0.362 e. The van der Waals surface area contributed by atoms with Gasteiger partial charge in [0, 0.05) is 13.1 Å². The molecule has 1 aliphatic rings. The molecule has 0 aliphatic carbocycles.